The maximum absolute atomic E-state index is 13.6. The third-order valence-corrected chi connectivity index (χ3v) is 13.6. The van der Waals surface area contributed by atoms with Crippen LogP contribution in [0.2, 0.25) is 0 Å². The lowest BCUT2D eigenvalue weighted by molar-refractivity contribution is -0.166. The molecule has 6 rings (SSSR count). The summed E-state index contributed by atoms with van der Waals surface area (Å²) in [7, 11) is 0. The van der Waals surface area contributed by atoms with Gasteiger partial charge in [-0.15, -0.1) is 0 Å². The van der Waals surface area contributed by atoms with E-state index in [1.54, 1.807) is 11.6 Å². The number of carbonyl (C=O) groups excluding carboxylic acids is 1. The van der Waals surface area contributed by atoms with Crippen molar-refractivity contribution in [1.82, 2.24) is 0 Å². The molecule has 5 nitrogen and oxygen atoms in total. The maximum atomic E-state index is 13.6. The Morgan fingerprint density at radius 1 is 0.975 bits per heavy atom. The van der Waals surface area contributed by atoms with Crippen molar-refractivity contribution in [3.63, 3.8) is 0 Å². The Morgan fingerprint density at radius 2 is 1.70 bits per heavy atom. The molecule has 0 aromatic heterocycles. The highest BCUT2D eigenvalue weighted by molar-refractivity contribution is 5.95. The number of allylic oxidation sites excluding steroid dienone is 2. The van der Waals surface area contributed by atoms with Crippen molar-refractivity contribution >= 4 is 5.78 Å². The summed E-state index contributed by atoms with van der Waals surface area (Å²) in [5, 5.41) is 45.9. The molecular formula is C35H54O5. The van der Waals surface area contributed by atoms with Crippen molar-refractivity contribution in [3.05, 3.63) is 22.8 Å². The number of hydrogen-bond donors (Lipinski definition) is 4. The van der Waals surface area contributed by atoms with E-state index >= 15 is 0 Å². The molecule has 0 aliphatic heterocycles. The Bertz CT molecular complexity index is 1070. The Labute approximate surface area is 241 Å². The topological polar surface area (TPSA) is 98.0 Å². The predicted molar refractivity (Wildman–Crippen MR) is 156 cm³/mol. The summed E-state index contributed by atoms with van der Waals surface area (Å²) in [6.07, 6.45) is 13.0. The normalized spacial score (nSPS) is 47.6. The van der Waals surface area contributed by atoms with Crippen LogP contribution in [0.4, 0.5) is 0 Å². The molecule has 6 aliphatic rings. The summed E-state index contributed by atoms with van der Waals surface area (Å²) >= 11 is 0. The molecule has 0 aromatic carbocycles. The number of ketones is 1. The Balaban J connectivity index is 1.34. The van der Waals surface area contributed by atoms with Crippen molar-refractivity contribution in [1.29, 1.82) is 0 Å². The smallest absolute Gasteiger partial charge is 0.159 e. The van der Waals surface area contributed by atoms with Gasteiger partial charge in [0.15, 0.2) is 5.78 Å². The van der Waals surface area contributed by atoms with Crippen LogP contribution in [-0.4, -0.2) is 50.1 Å². The van der Waals surface area contributed by atoms with Crippen LogP contribution in [0.3, 0.4) is 0 Å². The first-order valence-electron chi connectivity index (χ1n) is 16.6. The van der Waals surface area contributed by atoms with Gasteiger partial charge in [-0.2, -0.15) is 0 Å². The number of aliphatic hydroxyl groups excluding tert-OH is 3. The molecule has 0 heterocycles. The van der Waals surface area contributed by atoms with Crippen LogP contribution in [0.1, 0.15) is 118 Å². The van der Waals surface area contributed by atoms with Gasteiger partial charge in [0.25, 0.3) is 0 Å². The quantitative estimate of drug-likeness (QED) is 0.325. The standard InChI is InChI=1S/C35H54O5/c1-20(2)24(21-9-6-5-7-10-21)16-29(36)23-12-8-11-22-15-26-27(35(40)14-13-25(23)34(22,35)4)17-30(37)28-18-31(38)32(39)19-33(26,28)3/h17,20,22-23,25-26,28-29,31-32,36,38-40H,5-16,18-19H2,1-4H3/t22-,23-,25+,26-,28-,29+,31+,32-,33+,34+,35+/m0/s1. The van der Waals surface area contributed by atoms with E-state index in [4.69, 9.17) is 0 Å². The minimum Gasteiger partial charge on any atom is -0.392 e. The lowest BCUT2D eigenvalue weighted by Gasteiger charge is -2.62. The lowest BCUT2D eigenvalue weighted by Crippen LogP contribution is -2.63. The van der Waals surface area contributed by atoms with Gasteiger partial charge in [-0.05, 0) is 124 Å². The van der Waals surface area contributed by atoms with Gasteiger partial charge in [0.05, 0.1) is 23.9 Å². The van der Waals surface area contributed by atoms with Crippen LogP contribution < -0.4 is 0 Å². The first kappa shape index (κ1) is 29.1. The summed E-state index contributed by atoms with van der Waals surface area (Å²) in [6, 6.07) is 0. The summed E-state index contributed by atoms with van der Waals surface area (Å²) in [5.74, 6) is 0.921. The minimum atomic E-state index is -1.05. The zero-order valence-electron chi connectivity index (χ0n) is 25.4. The third-order valence-electron chi connectivity index (χ3n) is 13.6. The van der Waals surface area contributed by atoms with Gasteiger partial charge in [-0.25, -0.2) is 0 Å². The van der Waals surface area contributed by atoms with E-state index in [0.717, 1.165) is 44.1 Å². The first-order valence-corrected chi connectivity index (χ1v) is 16.6. The third kappa shape index (κ3) is 4.19. The van der Waals surface area contributed by atoms with E-state index in [1.807, 2.05) is 0 Å². The molecule has 0 spiro atoms. The summed E-state index contributed by atoms with van der Waals surface area (Å²) in [5.41, 5.74) is 2.11. The SMILES string of the molecule is CC(C)C(C[C@@H](O)[C@H]1CCC[C@H]2C[C@H]3C(=CC(=O)[C@@H]4C[C@@H](O)[C@@H](O)C[C@@]43C)[C@]3(O)CC[C@H]1[C@@]23C)=C1CCCCC1. The van der Waals surface area contributed by atoms with Gasteiger partial charge < -0.3 is 20.4 Å². The first-order chi connectivity index (χ1) is 18.9. The molecule has 5 heteroatoms. The molecule has 0 aromatic rings. The second kappa shape index (κ2) is 10.3. The van der Waals surface area contributed by atoms with Crippen LogP contribution in [0.5, 0.6) is 0 Å². The molecule has 224 valence electrons. The van der Waals surface area contributed by atoms with Gasteiger partial charge in [0.1, 0.15) is 0 Å². The molecule has 40 heavy (non-hydrogen) atoms. The van der Waals surface area contributed by atoms with Gasteiger partial charge in [0.2, 0.25) is 0 Å². The van der Waals surface area contributed by atoms with Crippen molar-refractivity contribution < 1.29 is 25.2 Å². The van der Waals surface area contributed by atoms with Crippen LogP contribution in [0.15, 0.2) is 22.8 Å². The molecule has 11 atom stereocenters. The molecule has 0 amide bonds. The van der Waals surface area contributed by atoms with Gasteiger partial charge >= 0.3 is 0 Å². The van der Waals surface area contributed by atoms with Crippen LogP contribution in [-0.2, 0) is 4.79 Å². The van der Waals surface area contributed by atoms with Crippen molar-refractivity contribution in [2.24, 2.45) is 46.3 Å². The average Bonchev–Trinajstić information content (AvgIpc) is 3.10. The monoisotopic (exact) mass is 554 g/mol. The summed E-state index contributed by atoms with van der Waals surface area (Å²) < 4.78 is 0. The molecular weight excluding hydrogens is 500 g/mol. The Hall–Kier alpha value is -1.01. The van der Waals surface area contributed by atoms with Crippen molar-refractivity contribution in [2.45, 2.75) is 141 Å². The molecule has 0 unspecified atom stereocenters. The number of rotatable bonds is 4. The zero-order valence-corrected chi connectivity index (χ0v) is 25.4. The largest absolute Gasteiger partial charge is 0.392 e. The highest BCUT2D eigenvalue weighted by Crippen LogP contribution is 2.71. The average molecular weight is 555 g/mol. The number of hydrogen-bond acceptors (Lipinski definition) is 5. The molecule has 4 N–H and O–H groups in total. The molecule has 0 bridgehead atoms. The summed E-state index contributed by atoms with van der Waals surface area (Å²) in [6.45, 7) is 8.99. The fraction of sp³-hybridized carbons (Fsp3) is 0.857. The van der Waals surface area contributed by atoms with Crippen LogP contribution in [0.25, 0.3) is 0 Å². The minimum absolute atomic E-state index is 0.0181. The number of aliphatic hydroxyl groups is 4. The fourth-order valence-electron chi connectivity index (χ4n) is 11.4. The van der Waals surface area contributed by atoms with E-state index in [1.165, 1.54) is 37.7 Å². The predicted octanol–water partition coefficient (Wildman–Crippen LogP) is 5.88. The van der Waals surface area contributed by atoms with Crippen LogP contribution in [0, 0.1) is 46.3 Å². The highest BCUT2D eigenvalue weighted by atomic mass is 16.3. The number of carbonyl (C=O) groups is 1. The Kier molecular flexibility index (Phi) is 7.50. The van der Waals surface area contributed by atoms with Crippen LogP contribution >= 0.6 is 0 Å². The van der Waals surface area contributed by atoms with Gasteiger partial charge in [0, 0.05) is 11.3 Å². The van der Waals surface area contributed by atoms with Gasteiger partial charge in [-0.1, -0.05) is 51.7 Å². The molecule has 5 saturated carbocycles. The molecule has 5 fully saturated rings. The zero-order chi connectivity index (χ0) is 28.6. The second-order valence-electron chi connectivity index (χ2n) is 15.6. The molecule has 6 aliphatic carbocycles. The van der Waals surface area contributed by atoms with E-state index < -0.39 is 29.3 Å². The maximum Gasteiger partial charge on any atom is 0.159 e. The fourth-order valence-corrected chi connectivity index (χ4v) is 11.4. The summed E-state index contributed by atoms with van der Waals surface area (Å²) in [4.78, 5) is 13.6. The van der Waals surface area contributed by atoms with E-state index in [0.29, 0.717) is 31.1 Å². The molecule has 0 radical (unpaired) electrons. The van der Waals surface area contributed by atoms with Crippen molar-refractivity contribution in [2.75, 3.05) is 0 Å². The lowest BCUT2D eigenvalue weighted by atomic mass is 9.43. The second-order valence-corrected chi connectivity index (χ2v) is 15.6. The van der Waals surface area contributed by atoms with E-state index in [-0.39, 0.29) is 34.9 Å². The molecule has 0 saturated heterocycles. The highest BCUT2D eigenvalue weighted by Gasteiger charge is 2.70. The van der Waals surface area contributed by atoms with E-state index in [9.17, 15) is 25.2 Å². The van der Waals surface area contributed by atoms with Crippen molar-refractivity contribution in [3.8, 4) is 0 Å². The Morgan fingerprint density at radius 3 is 2.40 bits per heavy atom. The number of fused-ring (bicyclic) bond motifs is 4. The van der Waals surface area contributed by atoms with Gasteiger partial charge in [-0.3, -0.25) is 4.79 Å². The van der Waals surface area contributed by atoms with E-state index in [2.05, 4.69) is 27.7 Å².